The minimum Gasteiger partial charge on any atom is -0.467 e. The normalized spacial score (nSPS) is 12.3. The van der Waals surface area contributed by atoms with Crippen LogP contribution in [0, 0.1) is 5.82 Å². The summed E-state index contributed by atoms with van der Waals surface area (Å²) in [5.41, 5.74) is 0.352. The molecule has 0 radical (unpaired) electrons. The molecule has 0 fully saturated rings. The maximum atomic E-state index is 14.0. The van der Waals surface area contributed by atoms with Gasteiger partial charge in [0.15, 0.2) is 0 Å². The summed E-state index contributed by atoms with van der Waals surface area (Å²) in [5.74, 6) is 0.268. The third-order valence-electron chi connectivity index (χ3n) is 2.94. The molecule has 1 atom stereocenters. The van der Waals surface area contributed by atoms with Crippen LogP contribution in [0.25, 0.3) is 0 Å². The molecular weight excluding hydrogens is 332 g/mol. The van der Waals surface area contributed by atoms with E-state index in [1.54, 1.807) is 30.5 Å². The number of hydrogen-bond donors (Lipinski definition) is 1. The van der Waals surface area contributed by atoms with E-state index in [1.807, 2.05) is 12.1 Å². The first kappa shape index (κ1) is 14.4. The van der Waals surface area contributed by atoms with Gasteiger partial charge in [0.1, 0.15) is 17.6 Å². The van der Waals surface area contributed by atoms with Gasteiger partial charge in [-0.15, -0.1) is 11.3 Å². The molecule has 0 bridgehead atoms. The Labute approximate surface area is 135 Å². The van der Waals surface area contributed by atoms with Gasteiger partial charge in [0.2, 0.25) is 0 Å². The van der Waals surface area contributed by atoms with E-state index in [9.17, 15) is 4.39 Å². The van der Waals surface area contributed by atoms with Gasteiger partial charge in [-0.2, -0.15) is 0 Å². The summed E-state index contributed by atoms with van der Waals surface area (Å²) in [6.07, 6.45) is 1.58. The van der Waals surface area contributed by atoms with Crippen molar-refractivity contribution in [2.45, 2.75) is 6.04 Å². The van der Waals surface area contributed by atoms with Crippen molar-refractivity contribution >= 4 is 40.2 Å². The highest BCUT2D eigenvalue weighted by molar-refractivity contribution is 7.16. The number of halogens is 3. The molecule has 1 N–H and O–H groups in total. The van der Waals surface area contributed by atoms with E-state index in [2.05, 4.69) is 5.32 Å². The van der Waals surface area contributed by atoms with Crippen molar-refractivity contribution in [2.24, 2.45) is 0 Å². The highest BCUT2D eigenvalue weighted by Crippen LogP contribution is 2.34. The SMILES string of the molecule is Fc1cc(Cl)ccc1NC(c1ccco1)c1ccc(Cl)s1. The summed E-state index contributed by atoms with van der Waals surface area (Å²) in [6.45, 7) is 0. The summed E-state index contributed by atoms with van der Waals surface area (Å²) in [7, 11) is 0. The van der Waals surface area contributed by atoms with Gasteiger partial charge in [0.25, 0.3) is 0 Å². The second-order valence-corrected chi connectivity index (χ2v) is 6.54. The molecule has 0 aliphatic carbocycles. The van der Waals surface area contributed by atoms with Gasteiger partial charge >= 0.3 is 0 Å². The molecule has 1 aromatic carbocycles. The molecule has 0 saturated carbocycles. The fourth-order valence-corrected chi connectivity index (χ4v) is 3.26. The topological polar surface area (TPSA) is 25.2 Å². The standard InChI is InChI=1S/C15H10Cl2FNOS/c16-9-3-4-11(10(18)8-9)19-15(12-2-1-7-20-12)13-5-6-14(17)21-13/h1-8,15,19H. The zero-order valence-corrected chi connectivity index (χ0v) is 13.0. The van der Waals surface area contributed by atoms with E-state index >= 15 is 0 Å². The zero-order valence-electron chi connectivity index (χ0n) is 10.6. The Balaban J connectivity index is 1.96. The first-order chi connectivity index (χ1) is 10.1. The van der Waals surface area contributed by atoms with E-state index in [4.69, 9.17) is 27.6 Å². The molecule has 3 rings (SSSR count). The number of furan rings is 1. The smallest absolute Gasteiger partial charge is 0.147 e. The van der Waals surface area contributed by atoms with E-state index < -0.39 is 5.82 Å². The molecule has 0 aliphatic rings. The molecular formula is C15H10Cl2FNOS. The molecule has 2 nitrogen and oxygen atoms in total. The van der Waals surface area contributed by atoms with Crippen molar-refractivity contribution in [3.8, 4) is 0 Å². The highest BCUT2D eigenvalue weighted by atomic mass is 35.5. The average molecular weight is 342 g/mol. The lowest BCUT2D eigenvalue weighted by atomic mass is 10.1. The van der Waals surface area contributed by atoms with E-state index in [0.717, 1.165) is 4.88 Å². The summed E-state index contributed by atoms with van der Waals surface area (Å²) in [6, 6.07) is 11.5. The molecule has 1 unspecified atom stereocenters. The predicted octanol–water partition coefficient (Wildman–Crippen LogP) is 5.99. The molecule has 0 spiro atoms. The third-order valence-corrected chi connectivity index (χ3v) is 4.47. The van der Waals surface area contributed by atoms with Crippen LogP contribution in [-0.4, -0.2) is 0 Å². The Hall–Kier alpha value is -1.49. The van der Waals surface area contributed by atoms with Crippen LogP contribution in [0.15, 0.2) is 53.1 Å². The molecule has 2 heterocycles. The minimum atomic E-state index is -0.415. The monoisotopic (exact) mass is 341 g/mol. The van der Waals surface area contributed by atoms with E-state index in [1.165, 1.54) is 17.4 Å². The Kier molecular flexibility index (Phi) is 4.19. The molecule has 21 heavy (non-hydrogen) atoms. The lowest BCUT2D eigenvalue weighted by Crippen LogP contribution is -2.11. The Morgan fingerprint density at radius 1 is 1.14 bits per heavy atom. The Morgan fingerprint density at radius 2 is 2.00 bits per heavy atom. The van der Waals surface area contributed by atoms with Gasteiger partial charge in [-0.3, -0.25) is 0 Å². The fraction of sp³-hybridized carbons (Fsp3) is 0.0667. The van der Waals surface area contributed by atoms with Crippen molar-refractivity contribution in [1.82, 2.24) is 0 Å². The minimum absolute atomic E-state index is 0.312. The molecule has 108 valence electrons. The molecule has 3 aromatic rings. The van der Waals surface area contributed by atoms with Crippen LogP contribution in [0.1, 0.15) is 16.7 Å². The van der Waals surface area contributed by atoms with Gasteiger partial charge in [-0.1, -0.05) is 23.2 Å². The lowest BCUT2D eigenvalue weighted by molar-refractivity contribution is 0.499. The van der Waals surface area contributed by atoms with Crippen LogP contribution >= 0.6 is 34.5 Å². The Morgan fingerprint density at radius 3 is 2.62 bits per heavy atom. The summed E-state index contributed by atoms with van der Waals surface area (Å²) in [4.78, 5) is 0.935. The van der Waals surface area contributed by atoms with Crippen molar-refractivity contribution in [3.63, 3.8) is 0 Å². The molecule has 2 aromatic heterocycles. The maximum Gasteiger partial charge on any atom is 0.147 e. The van der Waals surface area contributed by atoms with Crippen LogP contribution < -0.4 is 5.32 Å². The summed E-state index contributed by atoms with van der Waals surface area (Å²) >= 11 is 13.2. The molecule has 0 amide bonds. The first-order valence-corrected chi connectivity index (χ1v) is 7.71. The van der Waals surface area contributed by atoms with Crippen LogP contribution in [0.5, 0.6) is 0 Å². The number of nitrogens with one attached hydrogen (secondary N) is 1. The largest absolute Gasteiger partial charge is 0.467 e. The maximum absolute atomic E-state index is 14.0. The van der Waals surface area contributed by atoms with Gasteiger partial charge in [0, 0.05) is 9.90 Å². The number of rotatable bonds is 4. The first-order valence-electron chi connectivity index (χ1n) is 6.14. The van der Waals surface area contributed by atoms with Crippen LogP contribution in [0.2, 0.25) is 9.36 Å². The van der Waals surface area contributed by atoms with Crippen molar-refractivity contribution < 1.29 is 8.81 Å². The number of hydrogen-bond acceptors (Lipinski definition) is 3. The average Bonchev–Trinajstić information content (AvgIpc) is 3.09. The molecule has 0 saturated heterocycles. The number of anilines is 1. The number of thiophene rings is 1. The van der Waals surface area contributed by atoms with Crippen LogP contribution in [-0.2, 0) is 0 Å². The Bertz CT molecular complexity index is 742. The quantitative estimate of drug-likeness (QED) is 0.630. The van der Waals surface area contributed by atoms with Crippen molar-refractivity contribution in [2.75, 3.05) is 5.32 Å². The predicted molar refractivity (Wildman–Crippen MR) is 84.9 cm³/mol. The molecule has 6 heteroatoms. The fourth-order valence-electron chi connectivity index (χ4n) is 1.98. The number of benzene rings is 1. The van der Waals surface area contributed by atoms with Gasteiger partial charge in [-0.25, -0.2) is 4.39 Å². The molecule has 0 aliphatic heterocycles. The van der Waals surface area contributed by atoms with Gasteiger partial charge in [0.05, 0.1) is 16.3 Å². The lowest BCUT2D eigenvalue weighted by Gasteiger charge is -2.17. The second-order valence-electron chi connectivity index (χ2n) is 4.36. The summed E-state index contributed by atoms with van der Waals surface area (Å²) in [5, 5.41) is 3.48. The zero-order chi connectivity index (χ0) is 14.8. The van der Waals surface area contributed by atoms with Crippen molar-refractivity contribution in [3.05, 3.63) is 74.5 Å². The second kappa shape index (κ2) is 6.10. The van der Waals surface area contributed by atoms with Gasteiger partial charge < -0.3 is 9.73 Å². The van der Waals surface area contributed by atoms with Crippen molar-refractivity contribution in [1.29, 1.82) is 0 Å². The van der Waals surface area contributed by atoms with Crippen LogP contribution in [0.3, 0.4) is 0 Å². The highest BCUT2D eigenvalue weighted by Gasteiger charge is 2.20. The third kappa shape index (κ3) is 3.23. The van der Waals surface area contributed by atoms with E-state index in [-0.39, 0.29) is 6.04 Å². The van der Waals surface area contributed by atoms with E-state index in [0.29, 0.717) is 20.8 Å². The van der Waals surface area contributed by atoms with Gasteiger partial charge in [-0.05, 0) is 42.5 Å². The summed E-state index contributed by atoms with van der Waals surface area (Å²) < 4.78 is 20.1. The van der Waals surface area contributed by atoms with Crippen LogP contribution in [0.4, 0.5) is 10.1 Å².